The molecule has 1 aliphatic heterocycles. The Bertz CT molecular complexity index is 888. The van der Waals surface area contributed by atoms with E-state index in [-0.39, 0.29) is 0 Å². The zero-order chi connectivity index (χ0) is 18.6. The summed E-state index contributed by atoms with van der Waals surface area (Å²) in [4.78, 5) is 14.3. The normalized spacial score (nSPS) is 15.2. The maximum atomic E-state index is 12.1. The van der Waals surface area contributed by atoms with Crippen LogP contribution in [0.4, 0.5) is 5.95 Å². The minimum Gasteiger partial charge on any atom is -0.467 e. The van der Waals surface area contributed by atoms with Gasteiger partial charge in [-0.3, -0.25) is 9.36 Å². The third-order valence-corrected chi connectivity index (χ3v) is 5.82. The highest BCUT2D eigenvalue weighted by Crippen LogP contribution is 2.36. The van der Waals surface area contributed by atoms with E-state index in [4.69, 9.17) is 10.2 Å². The molecule has 27 heavy (non-hydrogen) atoms. The van der Waals surface area contributed by atoms with E-state index in [1.807, 2.05) is 47.0 Å². The Kier molecular flexibility index (Phi) is 5.15. The fourth-order valence-electron chi connectivity index (χ4n) is 3.24. The summed E-state index contributed by atoms with van der Waals surface area (Å²) in [6.07, 6.45) is 3.94. The molecule has 0 radical (unpaired) electrons. The van der Waals surface area contributed by atoms with Gasteiger partial charge >= 0.3 is 0 Å². The Morgan fingerprint density at radius 2 is 1.93 bits per heavy atom. The smallest absolute Gasteiger partial charge is 0.235 e. The van der Waals surface area contributed by atoms with E-state index in [1.165, 1.54) is 11.8 Å². The summed E-state index contributed by atoms with van der Waals surface area (Å²) in [5.41, 5.74) is 6.54. The van der Waals surface area contributed by atoms with Crippen molar-refractivity contribution in [2.24, 2.45) is 5.73 Å². The second kappa shape index (κ2) is 7.87. The molecule has 3 aromatic rings. The summed E-state index contributed by atoms with van der Waals surface area (Å²) in [6, 6.07) is 13.3. The van der Waals surface area contributed by atoms with Crippen molar-refractivity contribution in [3.63, 3.8) is 0 Å². The van der Waals surface area contributed by atoms with Gasteiger partial charge in [0.25, 0.3) is 0 Å². The van der Waals surface area contributed by atoms with Gasteiger partial charge < -0.3 is 15.1 Å². The van der Waals surface area contributed by atoms with E-state index in [9.17, 15) is 4.79 Å². The van der Waals surface area contributed by atoms with Gasteiger partial charge in [0.2, 0.25) is 11.9 Å². The monoisotopic (exact) mass is 383 g/mol. The number of hydrogen-bond acceptors (Lipinski definition) is 6. The summed E-state index contributed by atoms with van der Waals surface area (Å²) in [5.74, 6) is 1.22. The standard InChI is InChI=1S/C19H21N5O2S/c20-17(25)16(14-7-2-1-3-8-14)27-19-22-21-18(23-10-4-5-11-23)24(19)13-15-9-6-12-26-15/h1-3,6-9,12,16H,4-5,10-11,13H2,(H2,20,25). The highest BCUT2D eigenvalue weighted by Gasteiger charge is 2.26. The second-order valence-electron chi connectivity index (χ2n) is 6.45. The van der Waals surface area contributed by atoms with Gasteiger partial charge in [0.05, 0.1) is 12.8 Å². The number of thioether (sulfide) groups is 1. The van der Waals surface area contributed by atoms with Crippen LogP contribution in [0.5, 0.6) is 0 Å². The molecule has 0 saturated carbocycles. The molecule has 7 nitrogen and oxygen atoms in total. The van der Waals surface area contributed by atoms with E-state index in [0.29, 0.717) is 11.7 Å². The molecule has 140 valence electrons. The number of carbonyl (C=O) groups is 1. The van der Waals surface area contributed by atoms with Crippen LogP contribution in [-0.4, -0.2) is 33.8 Å². The van der Waals surface area contributed by atoms with E-state index in [0.717, 1.165) is 43.2 Å². The van der Waals surface area contributed by atoms with Gasteiger partial charge in [0.1, 0.15) is 11.0 Å². The van der Waals surface area contributed by atoms with Gasteiger partial charge in [0, 0.05) is 13.1 Å². The number of furan rings is 1. The van der Waals surface area contributed by atoms with Gasteiger partial charge in [-0.25, -0.2) is 0 Å². The van der Waals surface area contributed by atoms with Crippen LogP contribution in [0.3, 0.4) is 0 Å². The number of carbonyl (C=O) groups excluding carboxylic acids is 1. The first-order chi connectivity index (χ1) is 13.2. The molecule has 1 aromatic carbocycles. The number of aromatic nitrogens is 3. The second-order valence-corrected chi connectivity index (χ2v) is 7.53. The SMILES string of the molecule is NC(=O)C(Sc1nnc(N2CCCC2)n1Cc1ccco1)c1ccccc1. The van der Waals surface area contributed by atoms with Crippen LogP contribution in [0.15, 0.2) is 58.3 Å². The number of anilines is 1. The number of amides is 1. The minimum absolute atomic E-state index is 0.401. The highest BCUT2D eigenvalue weighted by atomic mass is 32.2. The van der Waals surface area contributed by atoms with Gasteiger partial charge in [0.15, 0.2) is 5.16 Å². The Hall–Kier alpha value is -2.74. The molecular formula is C19H21N5O2S. The van der Waals surface area contributed by atoms with Crippen LogP contribution in [0.1, 0.15) is 29.4 Å². The van der Waals surface area contributed by atoms with Gasteiger partial charge in [-0.2, -0.15) is 0 Å². The molecule has 1 atom stereocenters. The molecule has 1 saturated heterocycles. The highest BCUT2D eigenvalue weighted by molar-refractivity contribution is 8.00. The minimum atomic E-state index is -0.530. The van der Waals surface area contributed by atoms with Crippen LogP contribution < -0.4 is 10.6 Å². The van der Waals surface area contributed by atoms with Crippen LogP contribution in [0.2, 0.25) is 0 Å². The first kappa shape index (κ1) is 17.7. The van der Waals surface area contributed by atoms with Crippen molar-refractivity contribution in [2.45, 2.75) is 29.8 Å². The van der Waals surface area contributed by atoms with Crippen molar-refractivity contribution in [1.29, 1.82) is 0 Å². The Morgan fingerprint density at radius 3 is 2.59 bits per heavy atom. The predicted octanol–water partition coefficient (Wildman–Crippen LogP) is 2.84. The topological polar surface area (TPSA) is 90.2 Å². The molecule has 0 aliphatic carbocycles. The van der Waals surface area contributed by atoms with E-state index >= 15 is 0 Å². The van der Waals surface area contributed by atoms with Crippen LogP contribution in [0.25, 0.3) is 0 Å². The first-order valence-corrected chi connectivity index (χ1v) is 9.82. The van der Waals surface area contributed by atoms with Gasteiger partial charge in [-0.05, 0) is 30.5 Å². The van der Waals surface area contributed by atoms with Crippen LogP contribution >= 0.6 is 11.8 Å². The molecule has 1 unspecified atom stereocenters. The lowest BCUT2D eigenvalue weighted by atomic mass is 10.1. The summed E-state index contributed by atoms with van der Waals surface area (Å²) in [5, 5.41) is 8.91. The number of hydrogen-bond donors (Lipinski definition) is 1. The molecule has 1 fully saturated rings. The van der Waals surface area contributed by atoms with Crippen molar-refractivity contribution >= 4 is 23.6 Å². The quantitative estimate of drug-likeness (QED) is 0.631. The first-order valence-electron chi connectivity index (χ1n) is 8.94. The summed E-state index contributed by atoms with van der Waals surface area (Å²) < 4.78 is 7.53. The predicted molar refractivity (Wildman–Crippen MR) is 104 cm³/mol. The molecule has 3 heterocycles. The van der Waals surface area contributed by atoms with E-state index < -0.39 is 11.2 Å². The third-order valence-electron chi connectivity index (χ3n) is 4.56. The molecular weight excluding hydrogens is 362 g/mol. The fourth-order valence-corrected chi connectivity index (χ4v) is 4.22. The van der Waals surface area contributed by atoms with Gasteiger partial charge in [-0.15, -0.1) is 10.2 Å². The van der Waals surface area contributed by atoms with Crippen molar-refractivity contribution in [3.8, 4) is 0 Å². The van der Waals surface area contributed by atoms with E-state index in [2.05, 4.69) is 15.1 Å². The number of nitrogens with two attached hydrogens (primary N) is 1. The van der Waals surface area contributed by atoms with Crippen molar-refractivity contribution < 1.29 is 9.21 Å². The lowest BCUT2D eigenvalue weighted by Crippen LogP contribution is -2.23. The molecule has 0 bridgehead atoms. The molecule has 8 heteroatoms. The van der Waals surface area contributed by atoms with Crippen LogP contribution in [-0.2, 0) is 11.3 Å². The lowest BCUT2D eigenvalue weighted by Gasteiger charge is -2.19. The average molecular weight is 383 g/mol. The number of benzene rings is 1. The van der Waals surface area contributed by atoms with Crippen molar-refractivity contribution in [1.82, 2.24) is 14.8 Å². The zero-order valence-electron chi connectivity index (χ0n) is 14.8. The van der Waals surface area contributed by atoms with Crippen LogP contribution in [0, 0.1) is 0 Å². The molecule has 2 aromatic heterocycles. The number of rotatable bonds is 7. The largest absolute Gasteiger partial charge is 0.467 e. The summed E-state index contributed by atoms with van der Waals surface area (Å²) in [7, 11) is 0. The molecule has 4 rings (SSSR count). The third kappa shape index (κ3) is 3.85. The maximum Gasteiger partial charge on any atom is 0.235 e. The lowest BCUT2D eigenvalue weighted by molar-refractivity contribution is -0.117. The van der Waals surface area contributed by atoms with Crippen molar-refractivity contribution in [3.05, 3.63) is 60.1 Å². The molecule has 1 amide bonds. The average Bonchev–Trinajstić information content (AvgIpc) is 3.43. The summed E-state index contributed by atoms with van der Waals surface area (Å²) >= 11 is 1.32. The number of primary amides is 1. The Balaban J connectivity index is 1.67. The van der Waals surface area contributed by atoms with Gasteiger partial charge in [-0.1, -0.05) is 42.1 Å². The molecule has 0 spiro atoms. The maximum absolute atomic E-state index is 12.1. The zero-order valence-corrected chi connectivity index (χ0v) is 15.6. The molecule has 1 aliphatic rings. The Labute approximate surface area is 161 Å². The number of nitrogens with zero attached hydrogens (tertiary/aromatic N) is 4. The van der Waals surface area contributed by atoms with E-state index in [1.54, 1.807) is 6.26 Å². The van der Waals surface area contributed by atoms with Crippen molar-refractivity contribution in [2.75, 3.05) is 18.0 Å². The molecule has 2 N–H and O–H groups in total. The Morgan fingerprint density at radius 1 is 1.15 bits per heavy atom. The fraction of sp³-hybridized carbons (Fsp3) is 0.316. The summed E-state index contributed by atoms with van der Waals surface area (Å²) in [6.45, 7) is 2.42.